The van der Waals surface area contributed by atoms with Crippen molar-refractivity contribution in [3.8, 4) is 11.5 Å². The number of imidazole rings is 1. The van der Waals surface area contributed by atoms with E-state index in [1.807, 2.05) is 0 Å². The number of amides is 3. The molecule has 212 valence electrons. The predicted molar refractivity (Wildman–Crippen MR) is 143 cm³/mol. The van der Waals surface area contributed by atoms with E-state index in [4.69, 9.17) is 5.73 Å². The maximum Gasteiger partial charge on any atom is 0.326 e. The first-order valence-corrected chi connectivity index (χ1v) is 12.4. The molecule has 13 nitrogen and oxygen atoms in total. The SMILES string of the molecule is CC(N)C(=O)NC(Cc1ccc(O)cc1)C(=O)NC(Cc1cnc[nH]1)C(=O)NC(Cc1ccc(O)cc1)C(=O)O. The lowest BCUT2D eigenvalue weighted by molar-refractivity contribution is -0.142. The number of aromatic amines is 1. The zero-order valence-electron chi connectivity index (χ0n) is 21.7. The zero-order valence-corrected chi connectivity index (χ0v) is 21.7. The first kappa shape index (κ1) is 29.6. The third kappa shape index (κ3) is 8.84. The minimum absolute atomic E-state index is 0.0139. The maximum atomic E-state index is 13.4. The smallest absolute Gasteiger partial charge is 0.326 e. The first-order valence-electron chi connectivity index (χ1n) is 12.4. The average Bonchev–Trinajstić information content (AvgIpc) is 3.43. The number of carbonyl (C=O) groups is 4. The summed E-state index contributed by atoms with van der Waals surface area (Å²) in [5.41, 5.74) is 7.36. The zero-order chi connectivity index (χ0) is 29.2. The molecule has 0 bridgehead atoms. The molecule has 4 atom stereocenters. The van der Waals surface area contributed by atoms with Gasteiger partial charge in [-0.2, -0.15) is 0 Å². The molecule has 0 spiro atoms. The molecule has 0 aliphatic rings. The lowest BCUT2D eigenvalue weighted by atomic mass is 10.0. The van der Waals surface area contributed by atoms with Crippen molar-refractivity contribution in [1.29, 1.82) is 0 Å². The molecule has 3 aromatic rings. The van der Waals surface area contributed by atoms with Gasteiger partial charge in [-0.05, 0) is 42.3 Å². The van der Waals surface area contributed by atoms with Crippen LogP contribution in [-0.2, 0) is 38.4 Å². The van der Waals surface area contributed by atoms with Crippen LogP contribution in [0.5, 0.6) is 11.5 Å². The van der Waals surface area contributed by atoms with Crippen molar-refractivity contribution in [3.05, 3.63) is 77.9 Å². The van der Waals surface area contributed by atoms with Gasteiger partial charge in [-0.25, -0.2) is 9.78 Å². The Hall–Kier alpha value is -4.91. The number of H-pyrrole nitrogens is 1. The third-order valence-corrected chi connectivity index (χ3v) is 6.03. The molecule has 0 fully saturated rings. The highest BCUT2D eigenvalue weighted by Crippen LogP contribution is 2.13. The van der Waals surface area contributed by atoms with Crippen LogP contribution in [0.1, 0.15) is 23.7 Å². The Labute approximate surface area is 229 Å². The summed E-state index contributed by atoms with van der Waals surface area (Å²) in [6.07, 6.45) is 2.77. The Morgan fingerprint density at radius 1 is 0.775 bits per heavy atom. The number of rotatable bonds is 13. The number of aromatic nitrogens is 2. The Balaban J connectivity index is 1.81. The normalized spacial score (nSPS) is 13.8. The van der Waals surface area contributed by atoms with Crippen molar-refractivity contribution in [1.82, 2.24) is 25.9 Å². The number of phenols is 2. The molecule has 0 radical (unpaired) electrons. The molecular formula is C27H32N6O7. The molecular weight excluding hydrogens is 520 g/mol. The number of carboxylic acid groups (broad SMARTS) is 1. The number of phenolic OH excluding ortho intramolecular Hbond substituents is 2. The van der Waals surface area contributed by atoms with Gasteiger partial charge < -0.3 is 42.0 Å². The Kier molecular flexibility index (Phi) is 10.2. The molecule has 0 saturated heterocycles. The van der Waals surface area contributed by atoms with Gasteiger partial charge in [0.2, 0.25) is 17.7 Å². The van der Waals surface area contributed by atoms with Crippen molar-refractivity contribution in [2.45, 2.75) is 50.4 Å². The topological polar surface area (TPSA) is 220 Å². The van der Waals surface area contributed by atoms with Crippen LogP contribution < -0.4 is 21.7 Å². The second kappa shape index (κ2) is 13.8. The molecule has 9 N–H and O–H groups in total. The van der Waals surface area contributed by atoms with Crippen molar-refractivity contribution in [2.75, 3.05) is 0 Å². The van der Waals surface area contributed by atoms with Gasteiger partial charge >= 0.3 is 5.97 Å². The fourth-order valence-corrected chi connectivity index (χ4v) is 3.82. The van der Waals surface area contributed by atoms with Crippen LogP contribution in [0.15, 0.2) is 61.1 Å². The van der Waals surface area contributed by atoms with Crippen LogP contribution in [0, 0.1) is 0 Å². The van der Waals surface area contributed by atoms with Gasteiger partial charge in [-0.15, -0.1) is 0 Å². The molecule has 0 aliphatic carbocycles. The molecule has 3 rings (SSSR count). The molecule has 0 aliphatic heterocycles. The fraction of sp³-hybridized carbons (Fsp3) is 0.296. The Morgan fingerprint density at radius 3 is 1.68 bits per heavy atom. The second-order valence-electron chi connectivity index (χ2n) is 9.33. The summed E-state index contributed by atoms with van der Waals surface area (Å²) in [4.78, 5) is 57.8. The number of hydrogen-bond donors (Lipinski definition) is 8. The van der Waals surface area contributed by atoms with Crippen LogP contribution in [-0.4, -0.2) is 73.1 Å². The van der Waals surface area contributed by atoms with E-state index in [2.05, 4.69) is 25.9 Å². The van der Waals surface area contributed by atoms with Crippen LogP contribution in [0.25, 0.3) is 0 Å². The molecule has 1 heterocycles. The minimum Gasteiger partial charge on any atom is -0.508 e. The summed E-state index contributed by atoms with van der Waals surface area (Å²) in [5, 5.41) is 36.4. The van der Waals surface area contributed by atoms with Crippen LogP contribution in [0.3, 0.4) is 0 Å². The summed E-state index contributed by atoms with van der Waals surface area (Å²) < 4.78 is 0. The quantitative estimate of drug-likeness (QED) is 0.140. The van der Waals surface area contributed by atoms with Gasteiger partial charge in [0.15, 0.2) is 0 Å². The van der Waals surface area contributed by atoms with Gasteiger partial charge in [0.05, 0.1) is 12.4 Å². The first-order chi connectivity index (χ1) is 19.0. The summed E-state index contributed by atoms with van der Waals surface area (Å²) in [5.74, 6) is -3.31. The Bertz CT molecular complexity index is 1290. The highest BCUT2D eigenvalue weighted by atomic mass is 16.4. The van der Waals surface area contributed by atoms with Gasteiger partial charge in [0, 0.05) is 31.2 Å². The van der Waals surface area contributed by atoms with E-state index >= 15 is 0 Å². The highest BCUT2D eigenvalue weighted by Gasteiger charge is 2.30. The van der Waals surface area contributed by atoms with Crippen molar-refractivity contribution in [3.63, 3.8) is 0 Å². The summed E-state index contributed by atoms with van der Waals surface area (Å²) in [6, 6.07) is 7.33. The van der Waals surface area contributed by atoms with E-state index < -0.39 is 47.9 Å². The van der Waals surface area contributed by atoms with Gasteiger partial charge in [0.1, 0.15) is 29.6 Å². The van der Waals surface area contributed by atoms with Crippen LogP contribution in [0.2, 0.25) is 0 Å². The molecule has 1 aromatic heterocycles. The van der Waals surface area contributed by atoms with E-state index in [0.29, 0.717) is 16.8 Å². The van der Waals surface area contributed by atoms with Gasteiger partial charge in [-0.1, -0.05) is 24.3 Å². The summed E-state index contributed by atoms with van der Waals surface area (Å²) in [7, 11) is 0. The number of nitrogens with zero attached hydrogens (tertiary/aromatic N) is 1. The number of hydrogen-bond acceptors (Lipinski definition) is 8. The van der Waals surface area contributed by atoms with E-state index in [1.165, 1.54) is 55.8 Å². The number of carboxylic acids is 1. The van der Waals surface area contributed by atoms with E-state index in [1.54, 1.807) is 12.1 Å². The number of carbonyl (C=O) groups excluding carboxylic acids is 3. The number of aliphatic carboxylic acids is 1. The number of nitrogens with two attached hydrogens (primary N) is 1. The number of aromatic hydroxyl groups is 2. The lowest BCUT2D eigenvalue weighted by Gasteiger charge is -2.25. The summed E-state index contributed by atoms with van der Waals surface area (Å²) >= 11 is 0. The van der Waals surface area contributed by atoms with Crippen LogP contribution >= 0.6 is 0 Å². The van der Waals surface area contributed by atoms with Gasteiger partial charge in [-0.3, -0.25) is 14.4 Å². The van der Waals surface area contributed by atoms with Crippen LogP contribution in [0.4, 0.5) is 0 Å². The maximum absolute atomic E-state index is 13.4. The van der Waals surface area contributed by atoms with E-state index in [-0.39, 0.29) is 30.8 Å². The average molecular weight is 553 g/mol. The van der Waals surface area contributed by atoms with Crippen molar-refractivity contribution in [2.24, 2.45) is 5.73 Å². The van der Waals surface area contributed by atoms with Gasteiger partial charge in [0.25, 0.3) is 0 Å². The predicted octanol–water partition coefficient (Wildman–Crippen LogP) is -0.265. The van der Waals surface area contributed by atoms with E-state index in [9.17, 15) is 34.5 Å². The fourth-order valence-electron chi connectivity index (χ4n) is 3.82. The molecule has 4 unspecified atom stereocenters. The number of nitrogens with one attached hydrogen (secondary N) is 4. The van der Waals surface area contributed by atoms with Crippen molar-refractivity contribution < 1.29 is 34.5 Å². The summed E-state index contributed by atoms with van der Waals surface area (Å²) in [6.45, 7) is 1.46. The van der Waals surface area contributed by atoms with Crippen molar-refractivity contribution >= 4 is 23.7 Å². The molecule has 2 aromatic carbocycles. The third-order valence-electron chi connectivity index (χ3n) is 6.03. The molecule has 40 heavy (non-hydrogen) atoms. The lowest BCUT2D eigenvalue weighted by Crippen LogP contribution is -2.58. The largest absolute Gasteiger partial charge is 0.508 e. The second-order valence-corrected chi connectivity index (χ2v) is 9.33. The van der Waals surface area contributed by atoms with E-state index in [0.717, 1.165) is 0 Å². The monoisotopic (exact) mass is 552 g/mol. The molecule has 0 saturated carbocycles. The Morgan fingerprint density at radius 2 is 1.23 bits per heavy atom. The highest BCUT2D eigenvalue weighted by molar-refractivity contribution is 5.94. The molecule has 13 heteroatoms. The minimum atomic E-state index is -1.33. The standard InChI is InChI=1S/C27H32N6O7/c1-15(28)24(36)31-21(10-16-2-6-19(34)7-3-16)25(37)32-22(12-18-13-29-14-30-18)26(38)33-23(27(39)40)11-17-4-8-20(35)9-5-17/h2-9,13-15,21-23,34-35H,10-12,28H2,1H3,(H,29,30)(H,31,36)(H,32,37)(H,33,38)(H,39,40). The molecule has 3 amide bonds. The number of benzene rings is 2.